The van der Waals surface area contributed by atoms with Crippen LogP contribution >= 0.6 is 15.9 Å². The first-order valence-electron chi connectivity index (χ1n) is 5.40. The van der Waals surface area contributed by atoms with Crippen molar-refractivity contribution in [2.45, 2.75) is 13.5 Å². The molecule has 0 fully saturated rings. The Morgan fingerprint density at radius 2 is 2.21 bits per heavy atom. The first-order chi connectivity index (χ1) is 8.97. The van der Waals surface area contributed by atoms with Gasteiger partial charge in [-0.05, 0) is 35.0 Å². The Morgan fingerprint density at radius 1 is 1.47 bits per heavy atom. The number of rotatable bonds is 4. The molecular weight excluding hydrogens is 319 g/mol. The van der Waals surface area contributed by atoms with Crippen molar-refractivity contribution >= 4 is 27.3 Å². The second-order valence-corrected chi connectivity index (χ2v) is 4.76. The Kier molecular flexibility index (Phi) is 3.84. The summed E-state index contributed by atoms with van der Waals surface area (Å²) in [5.41, 5.74) is -0.0868. The molecule has 2 aromatic rings. The van der Waals surface area contributed by atoms with Gasteiger partial charge in [0.2, 0.25) is 0 Å². The minimum Gasteiger partial charge on any atom is -0.465 e. The summed E-state index contributed by atoms with van der Waals surface area (Å²) < 4.78 is 18.8. The van der Waals surface area contributed by atoms with Gasteiger partial charge in [0, 0.05) is 12.1 Å². The molecule has 1 heterocycles. The molecule has 7 heteroatoms. The molecule has 0 saturated heterocycles. The molecular formula is C12H10BrFN2O3. The van der Waals surface area contributed by atoms with E-state index in [1.165, 1.54) is 0 Å². The molecule has 0 aliphatic heterocycles. The third kappa shape index (κ3) is 3.11. The molecule has 19 heavy (non-hydrogen) atoms. The predicted octanol–water partition coefficient (Wildman–Crippen LogP) is 4.01. The van der Waals surface area contributed by atoms with E-state index in [-0.39, 0.29) is 22.4 Å². The van der Waals surface area contributed by atoms with Gasteiger partial charge in [-0.2, -0.15) is 0 Å². The minimum absolute atomic E-state index is 0.0543. The van der Waals surface area contributed by atoms with Crippen LogP contribution < -0.4 is 5.32 Å². The van der Waals surface area contributed by atoms with Gasteiger partial charge in [0.25, 0.3) is 5.69 Å². The first-order valence-corrected chi connectivity index (χ1v) is 6.19. The van der Waals surface area contributed by atoms with Crippen molar-refractivity contribution in [3.05, 3.63) is 56.2 Å². The maximum atomic E-state index is 13.4. The van der Waals surface area contributed by atoms with Crippen LogP contribution in [0.25, 0.3) is 0 Å². The van der Waals surface area contributed by atoms with Crippen LogP contribution in [0.4, 0.5) is 15.8 Å². The van der Waals surface area contributed by atoms with Gasteiger partial charge in [0.05, 0.1) is 15.9 Å². The van der Waals surface area contributed by atoms with E-state index in [1.807, 2.05) is 0 Å². The number of aryl methyl sites for hydroxylation is 1. The van der Waals surface area contributed by atoms with E-state index in [2.05, 4.69) is 21.2 Å². The van der Waals surface area contributed by atoms with Gasteiger partial charge >= 0.3 is 0 Å². The topological polar surface area (TPSA) is 68.3 Å². The van der Waals surface area contributed by atoms with Crippen molar-refractivity contribution in [2.75, 3.05) is 5.32 Å². The fourth-order valence-electron chi connectivity index (χ4n) is 1.59. The molecule has 0 aliphatic rings. The van der Waals surface area contributed by atoms with Crippen LogP contribution in [0.2, 0.25) is 0 Å². The lowest BCUT2D eigenvalue weighted by atomic mass is 10.2. The Bertz CT molecular complexity index is 627. The van der Waals surface area contributed by atoms with E-state index in [0.29, 0.717) is 5.76 Å². The largest absolute Gasteiger partial charge is 0.465 e. The maximum Gasteiger partial charge on any atom is 0.293 e. The second-order valence-electron chi connectivity index (χ2n) is 3.91. The zero-order valence-corrected chi connectivity index (χ0v) is 11.5. The zero-order valence-electron chi connectivity index (χ0n) is 9.94. The third-order valence-electron chi connectivity index (χ3n) is 2.48. The molecule has 0 radical (unpaired) electrons. The maximum absolute atomic E-state index is 13.4. The Balaban J connectivity index is 2.23. The highest BCUT2D eigenvalue weighted by Crippen LogP contribution is 2.30. The molecule has 1 aromatic heterocycles. The Labute approximate surface area is 116 Å². The van der Waals surface area contributed by atoms with Crippen molar-refractivity contribution in [2.24, 2.45) is 0 Å². The van der Waals surface area contributed by atoms with Crippen LogP contribution in [-0.2, 0) is 6.54 Å². The molecule has 1 N–H and O–H groups in total. The van der Waals surface area contributed by atoms with Crippen LogP contribution in [0.3, 0.4) is 0 Å². The van der Waals surface area contributed by atoms with Gasteiger partial charge in [-0.1, -0.05) is 0 Å². The number of nitrogens with one attached hydrogen (secondary N) is 1. The van der Waals surface area contributed by atoms with Gasteiger partial charge in [0.15, 0.2) is 0 Å². The lowest BCUT2D eigenvalue weighted by molar-refractivity contribution is -0.384. The molecule has 0 aliphatic carbocycles. The third-order valence-corrected chi connectivity index (χ3v) is 3.09. The fraction of sp³-hybridized carbons (Fsp3) is 0.167. The summed E-state index contributed by atoms with van der Waals surface area (Å²) in [5, 5.41) is 13.7. The van der Waals surface area contributed by atoms with Crippen molar-refractivity contribution in [1.29, 1.82) is 0 Å². The molecule has 0 atom stereocenters. The number of furan rings is 1. The van der Waals surface area contributed by atoms with Crippen LogP contribution in [-0.4, -0.2) is 4.92 Å². The minimum atomic E-state index is -0.570. The van der Waals surface area contributed by atoms with E-state index < -0.39 is 10.7 Å². The standard InChI is InChI=1S/C12H10BrFN2O3/c1-7-2-3-8(19-7)6-15-11-5-10(14)9(13)4-12(11)16(17)18/h2-5,15H,6H2,1H3. The SMILES string of the molecule is Cc1ccc(CNc2cc(F)c(Br)cc2[N+](=O)[O-])o1. The number of anilines is 1. The lowest BCUT2D eigenvalue weighted by Gasteiger charge is -2.06. The molecule has 1 aromatic carbocycles. The molecule has 0 bridgehead atoms. The van der Waals surface area contributed by atoms with Crippen molar-refractivity contribution < 1.29 is 13.7 Å². The second kappa shape index (κ2) is 5.40. The van der Waals surface area contributed by atoms with E-state index in [4.69, 9.17) is 4.42 Å². The first kappa shape index (κ1) is 13.5. The van der Waals surface area contributed by atoms with Crippen molar-refractivity contribution in [1.82, 2.24) is 0 Å². The van der Waals surface area contributed by atoms with E-state index >= 15 is 0 Å². The van der Waals surface area contributed by atoms with Crippen LogP contribution in [0, 0.1) is 22.9 Å². The predicted molar refractivity (Wildman–Crippen MR) is 71.5 cm³/mol. The number of hydrogen-bond donors (Lipinski definition) is 1. The van der Waals surface area contributed by atoms with E-state index in [0.717, 1.165) is 17.9 Å². The Hall–Kier alpha value is -1.89. The summed E-state index contributed by atoms with van der Waals surface area (Å²) >= 11 is 2.92. The van der Waals surface area contributed by atoms with Crippen LogP contribution in [0.1, 0.15) is 11.5 Å². The van der Waals surface area contributed by atoms with Gasteiger partial charge in [0.1, 0.15) is 23.0 Å². The van der Waals surface area contributed by atoms with E-state index in [1.54, 1.807) is 19.1 Å². The summed E-state index contributed by atoms with van der Waals surface area (Å²) in [5.74, 6) is 0.798. The average molecular weight is 329 g/mol. The van der Waals surface area contributed by atoms with Gasteiger partial charge in [-0.3, -0.25) is 10.1 Å². The molecule has 5 nitrogen and oxygen atoms in total. The van der Waals surface area contributed by atoms with Crippen molar-refractivity contribution in [3.8, 4) is 0 Å². The number of hydrogen-bond acceptors (Lipinski definition) is 4. The molecule has 0 unspecified atom stereocenters. The smallest absolute Gasteiger partial charge is 0.293 e. The number of benzene rings is 1. The molecule has 0 saturated carbocycles. The molecule has 0 spiro atoms. The fourth-order valence-corrected chi connectivity index (χ4v) is 1.92. The summed E-state index contributed by atoms with van der Waals surface area (Å²) in [4.78, 5) is 10.3. The summed E-state index contributed by atoms with van der Waals surface area (Å²) in [7, 11) is 0. The van der Waals surface area contributed by atoms with Crippen LogP contribution in [0.5, 0.6) is 0 Å². The summed E-state index contributed by atoms with van der Waals surface area (Å²) in [6.07, 6.45) is 0. The highest BCUT2D eigenvalue weighted by atomic mass is 79.9. The Morgan fingerprint density at radius 3 is 2.79 bits per heavy atom. The lowest BCUT2D eigenvalue weighted by Crippen LogP contribution is -2.03. The molecule has 100 valence electrons. The van der Waals surface area contributed by atoms with Crippen LogP contribution in [0.15, 0.2) is 33.2 Å². The number of nitro groups is 1. The van der Waals surface area contributed by atoms with Gasteiger partial charge in [-0.15, -0.1) is 0 Å². The summed E-state index contributed by atoms with van der Waals surface area (Å²) in [6, 6.07) is 5.75. The summed E-state index contributed by atoms with van der Waals surface area (Å²) in [6.45, 7) is 2.04. The normalized spacial score (nSPS) is 10.5. The zero-order chi connectivity index (χ0) is 14.0. The highest BCUT2D eigenvalue weighted by Gasteiger charge is 2.17. The van der Waals surface area contributed by atoms with Crippen molar-refractivity contribution in [3.63, 3.8) is 0 Å². The molecule has 2 rings (SSSR count). The van der Waals surface area contributed by atoms with Gasteiger partial charge in [-0.25, -0.2) is 4.39 Å². The quantitative estimate of drug-likeness (QED) is 0.680. The monoisotopic (exact) mass is 328 g/mol. The number of halogens is 2. The highest BCUT2D eigenvalue weighted by molar-refractivity contribution is 9.10. The average Bonchev–Trinajstić information content (AvgIpc) is 2.76. The van der Waals surface area contributed by atoms with Gasteiger partial charge < -0.3 is 9.73 Å². The number of nitrogens with zero attached hydrogens (tertiary/aromatic N) is 1. The van der Waals surface area contributed by atoms with E-state index in [9.17, 15) is 14.5 Å². The number of nitro benzene ring substituents is 1. The molecule has 0 amide bonds.